The van der Waals surface area contributed by atoms with Gasteiger partial charge in [0.1, 0.15) is 11.6 Å². The summed E-state index contributed by atoms with van der Waals surface area (Å²) < 4.78 is 25.7. The van der Waals surface area contributed by atoms with Crippen molar-refractivity contribution in [1.82, 2.24) is 0 Å². The minimum absolute atomic E-state index is 0.0463. The zero-order valence-electron chi connectivity index (χ0n) is 6.71. The van der Waals surface area contributed by atoms with Crippen LogP contribution in [0.25, 0.3) is 6.08 Å². The van der Waals surface area contributed by atoms with Gasteiger partial charge in [-0.05, 0) is 22.0 Å². The van der Waals surface area contributed by atoms with Gasteiger partial charge < -0.3 is 0 Å². The van der Waals surface area contributed by atoms with Crippen LogP contribution in [0.4, 0.5) is 8.78 Å². The predicted octanol–water partition coefficient (Wildman–Crippen LogP) is 2.97. The van der Waals surface area contributed by atoms with E-state index < -0.39 is 16.6 Å². The molecule has 74 valence electrons. The predicted molar refractivity (Wildman–Crippen MR) is 50.1 cm³/mol. The lowest BCUT2D eigenvalue weighted by atomic mass is 10.2. The first-order chi connectivity index (χ1) is 6.50. The van der Waals surface area contributed by atoms with E-state index in [0.717, 1.165) is 12.1 Å². The van der Waals surface area contributed by atoms with Crippen LogP contribution in [0.5, 0.6) is 0 Å². The number of rotatable bonds is 2. The highest BCUT2D eigenvalue weighted by molar-refractivity contribution is 9.10. The van der Waals surface area contributed by atoms with E-state index >= 15 is 0 Å². The third kappa shape index (κ3) is 2.59. The Kier molecular flexibility index (Phi) is 3.29. The lowest BCUT2D eigenvalue weighted by Gasteiger charge is -1.98. The average Bonchev–Trinajstić information content (AvgIpc) is 2.09. The van der Waals surface area contributed by atoms with Crippen LogP contribution < -0.4 is 0 Å². The van der Waals surface area contributed by atoms with Crippen LogP contribution in [-0.2, 0) is 0 Å². The van der Waals surface area contributed by atoms with Gasteiger partial charge in [0.15, 0.2) is 0 Å². The van der Waals surface area contributed by atoms with Gasteiger partial charge in [-0.2, -0.15) is 0 Å². The number of nitrogens with zero attached hydrogens (tertiary/aromatic N) is 1. The molecule has 1 aromatic carbocycles. The fourth-order valence-corrected chi connectivity index (χ4v) is 1.17. The van der Waals surface area contributed by atoms with Crippen LogP contribution in [0, 0.1) is 21.7 Å². The molecule has 3 nitrogen and oxygen atoms in total. The van der Waals surface area contributed by atoms with Gasteiger partial charge in [0.05, 0.1) is 9.40 Å². The first-order valence-electron chi connectivity index (χ1n) is 3.47. The molecule has 0 atom stereocenters. The van der Waals surface area contributed by atoms with Crippen LogP contribution in [0.15, 0.2) is 22.8 Å². The first kappa shape index (κ1) is 10.8. The fraction of sp³-hybridized carbons (Fsp3) is 0. The summed E-state index contributed by atoms with van der Waals surface area (Å²) in [6.45, 7) is 0. The Morgan fingerprint density at radius 3 is 2.57 bits per heavy atom. The Labute approximate surface area is 86.3 Å². The average molecular weight is 264 g/mol. The van der Waals surface area contributed by atoms with Gasteiger partial charge in [-0.25, -0.2) is 8.78 Å². The third-order valence-electron chi connectivity index (χ3n) is 1.42. The maximum Gasteiger partial charge on any atom is 0.235 e. The molecule has 0 spiro atoms. The van der Waals surface area contributed by atoms with Gasteiger partial charge in [-0.15, -0.1) is 0 Å². The van der Waals surface area contributed by atoms with E-state index in [-0.39, 0.29) is 10.0 Å². The molecular formula is C8H4BrF2NO2. The lowest BCUT2D eigenvalue weighted by Crippen LogP contribution is -1.88. The molecule has 0 amide bonds. The van der Waals surface area contributed by atoms with E-state index in [1.54, 1.807) is 0 Å². The molecule has 0 saturated heterocycles. The summed E-state index contributed by atoms with van der Waals surface area (Å²) in [6.07, 6.45) is 1.54. The Bertz CT molecular complexity index is 407. The largest absolute Gasteiger partial charge is 0.259 e. The third-order valence-corrected chi connectivity index (χ3v) is 2.02. The van der Waals surface area contributed by atoms with Crippen molar-refractivity contribution in [3.05, 3.63) is 50.1 Å². The molecule has 0 bridgehead atoms. The molecule has 0 unspecified atom stereocenters. The summed E-state index contributed by atoms with van der Waals surface area (Å²) in [7, 11) is 0. The van der Waals surface area contributed by atoms with Crippen LogP contribution in [-0.4, -0.2) is 4.92 Å². The van der Waals surface area contributed by atoms with Crippen molar-refractivity contribution in [2.75, 3.05) is 0 Å². The highest BCUT2D eigenvalue weighted by Crippen LogP contribution is 2.20. The molecule has 1 rings (SSSR count). The fourth-order valence-electron chi connectivity index (χ4n) is 0.807. The highest BCUT2D eigenvalue weighted by Gasteiger charge is 2.06. The number of hydrogen-bond acceptors (Lipinski definition) is 2. The summed E-state index contributed by atoms with van der Waals surface area (Å²) in [5.74, 6) is -1.59. The Balaban J connectivity index is 3.10. The van der Waals surface area contributed by atoms with Gasteiger partial charge in [0.2, 0.25) is 6.20 Å². The van der Waals surface area contributed by atoms with E-state index in [1.807, 2.05) is 0 Å². The van der Waals surface area contributed by atoms with Crippen molar-refractivity contribution in [3.8, 4) is 0 Å². The standard InChI is InChI=1S/C8H4BrF2NO2/c9-6-3-5(1-2-12(13)14)7(10)4-8(6)11/h1-4H. The Hall–Kier alpha value is -1.30. The van der Waals surface area contributed by atoms with Gasteiger partial charge in [-0.1, -0.05) is 0 Å². The normalized spacial score (nSPS) is 10.8. The number of benzene rings is 1. The molecule has 0 aliphatic heterocycles. The molecule has 0 fully saturated rings. The second-order valence-corrected chi connectivity index (χ2v) is 3.24. The summed E-state index contributed by atoms with van der Waals surface area (Å²) in [4.78, 5) is 9.22. The van der Waals surface area contributed by atoms with E-state index in [2.05, 4.69) is 15.9 Å². The number of hydrogen-bond donors (Lipinski definition) is 0. The Morgan fingerprint density at radius 1 is 1.36 bits per heavy atom. The smallest absolute Gasteiger partial charge is 0.235 e. The second-order valence-electron chi connectivity index (χ2n) is 2.39. The van der Waals surface area contributed by atoms with Crippen molar-refractivity contribution >= 4 is 22.0 Å². The number of nitro groups is 1. The number of halogens is 3. The van der Waals surface area contributed by atoms with Crippen molar-refractivity contribution in [1.29, 1.82) is 0 Å². The van der Waals surface area contributed by atoms with E-state index in [0.29, 0.717) is 12.3 Å². The minimum atomic E-state index is -0.844. The van der Waals surface area contributed by atoms with Gasteiger partial charge in [0, 0.05) is 17.7 Å². The van der Waals surface area contributed by atoms with Gasteiger partial charge >= 0.3 is 0 Å². The summed E-state index contributed by atoms with van der Waals surface area (Å²) >= 11 is 2.84. The zero-order chi connectivity index (χ0) is 10.7. The molecule has 0 saturated carbocycles. The molecule has 0 N–H and O–H groups in total. The maximum atomic E-state index is 12.9. The van der Waals surface area contributed by atoms with Gasteiger partial charge in [-0.3, -0.25) is 10.1 Å². The molecule has 0 radical (unpaired) electrons. The SMILES string of the molecule is O=[N+]([O-])C=Cc1cc(Br)c(F)cc1F. The molecule has 1 aromatic rings. The molecule has 0 aliphatic carbocycles. The van der Waals surface area contributed by atoms with Crippen molar-refractivity contribution < 1.29 is 13.7 Å². The molecule has 6 heteroatoms. The first-order valence-corrected chi connectivity index (χ1v) is 4.26. The van der Waals surface area contributed by atoms with Crippen LogP contribution >= 0.6 is 15.9 Å². The van der Waals surface area contributed by atoms with E-state index in [9.17, 15) is 18.9 Å². The second kappa shape index (κ2) is 4.28. The molecule has 0 aromatic heterocycles. The van der Waals surface area contributed by atoms with Crippen molar-refractivity contribution in [2.24, 2.45) is 0 Å². The van der Waals surface area contributed by atoms with Crippen molar-refractivity contribution in [3.63, 3.8) is 0 Å². The summed E-state index contributed by atoms with van der Waals surface area (Å²) in [5, 5.41) is 9.95. The minimum Gasteiger partial charge on any atom is -0.259 e. The quantitative estimate of drug-likeness (QED) is 0.468. The van der Waals surface area contributed by atoms with E-state index in [1.165, 1.54) is 0 Å². The van der Waals surface area contributed by atoms with Gasteiger partial charge in [0.25, 0.3) is 0 Å². The topological polar surface area (TPSA) is 43.1 Å². The molecule has 0 heterocycles. The van der Waals surface area contributed by atoms with Crippen LogP contribution in [0.3, 0.4) is 0 Å². The molecule has 0 aliphatic rings. The van der Waals surface area contributed by atoms with E-state index in [4.69, 9.17) is 0 Å². The van der Waals surface area contributed by atoms with Crippen LogP contribution in [0.1, 0.15) is 5.56 Å². The van der Waals surface area contributed by atoms with Crippen molar-refractivity contribution in [2.45, 2.75) is 0 Å². The Morgan fingerprint density at radius 2 is 2.00 bits per heavy atom. The zero-order valence-corrected chi connectivity index (χ0v) is 8.29. The molecular weight excluding hydrogens is 260 g/mol. The van der Waals surface area contributed by atoms with Crippen LogP contribution in [0.2, 0.25) is 0 Å². The maximum absolute atomic E-state index is 12.9. The molecule has 14 heavy (non-hydrogen) atoms. The summed E-state index contributed by atoms with van der Waals surface area (Å²) in [6, 6.07) is 1.79. The summed E-state index contributed by atoms with van der Waals surface area (Å²) in [5.41, 5.74) is -0.0463. The lowest BCUT2D eigenvalue weighted by molar-refractivity contribution is -0.400. The highest BCUT2D eigenvalue weighted by atomic mass is 79.9. The monoisotopic (exact) mass is 263 g/mol.